The molecule has 7 nitrogen and oxygen atoms in total. The van der Waals surface area contributed by atoms with Crippen molar-refractivity contribution in [2.45, 2.75) is 62.0 Å². The van der Waals surface area contributed by atoms with Crippen LogP contribution >= 0.6 is 11.8 Å². The molecule has 2 unspecified atom stereocenters. The maximum absolute atomic E-state index is 15.0. The summed E-state index contributed by atoms with van der Waals surface area (Å²) in [5, 5.41) is -0.320. The minimum Gasteiger partial charge on any atom is -0.459 e. The predicted molar refractivity (Wildman–Crippen MR) is 213 cm³/mol. The highest BCUT2D eigenvalue weighted by Crippen LogP contribution is 2.52. The van der Waals surface area contributed by atoms with E-state index in [0.29, 0.717) is 18.1 Å². The zero-order chi connectivity index (χ0) is 39.9. The van der Waals surface area contributed by atoms with E-state index in [-0.39, 0.29) is 30.5 Å². The summed E-state index contributed by atoms with van der Waals surface area (Å²) >= 11 is 1.63. The standard InChI is InChI=1S/C44H45F3N2O5S2/c1-43(2,3)54-42(50)29-48(27-32-16-8-4-9-17-32)56(51,52)49-28-38(25-37(49)31-53-30-33-24-40(46)41(47)26-39(33)45)55-44(34-18-10-5-11-19-34,35-20-12-6-13-21-35)36-22-14-7-15-23-36/h4-24,26,37-38H,25,27-31H2,1-3H3. The third-order valence-electron chi connectivity index (χ3n) is 9.42. The van der Waals surface area contributed by atoms with Gasteiger partial charge in [-0.15, -0.1) is 11.8 Å². The lowest BCUT2D eigenvalue weighted by molar-refractivity contribution is -0.155. The van der Waals surface area contributed by atoms with Crippen LogP contribution in [0.25, 0.3) is 0 Å². The van der Waals surface area contributed by atoms with E-state index in [1.165, 1.54) is 4.31 Å². The number of esters is 1. The minimum atomic E-state index is -4.41. The van der Waals surface area contributed by atoms with Crippen LogP contribution in [0.5, 0.6) is 0 Å². The van der Waals surface area contributed by atoms with Gasteiger partial charge in [0.05, 0.1) is 24.0 Å². The Morgan fingerprint density at radius 1 is 0.768 bits per heavy atom. The lowest BCUT2D eigenvalue weighted by Gasteiger charge is -2.37. The van der Waals surface area contributed by atoms with Crippen LogP contribution in [0, 0.1) is 17.5 Å². The molecule has 0 amide bonds. The van der Waals surface area contributed by atoms with Crippen molar-refractivity contribution < 1.29 is 35.9 Å². The predicted octanol–water partition coefficient (Wildman–Crippen LogP) is 8.88. The van der Waals surface area contributed by atoms with Crippen molar-refractivity contribution in [3.05, 3.63) is 179 Å². The molecule has 2 atom stereocenters. The molecule has 1 fully saturated rings. The molecule has 1 aliphatic rings. The average molecular weight is 803 g/mol. The van der Waals surface area contributed by atoms with Gasteiger partial charge in [-0.3, -0.25) is 4.79 Å². The fourth-order valence-electron chi connectivity index (χ4n) is 6.99. The molecule has 12 heteroatoms. The molecule has 1 heterocycles. The number of rotatable bonds is 15. The molecule has 0 bridgehead atoms. The smallest absolute Gasteiger partial charge is 0.321 e. The topological polar surface area (TPSA) is 76.2 Å². The molecule has 5 aromatic carbocycles. The third-order valence-corrected chi connectivity index (χ3v) is 13.1. The van der Waals surface area contributed by atoms with Gasteiger partial charge in [-0.25, -0.2) is 13.2 Å². The first-order valence-electron chi connectivity index (χ1n) is 18.3. The summed E-state index contributed by atoms with van der Waals surface area (Å²) in [7, 11) is -4.41. The summed E-state index contributed by atoms with van der Waals surface area (Å²) in [6, 6.07) is 39.5. The number of nitrogens with zero attached hydrogens (tertiary/aromatic N) is 2. The molecule has 1 saturated heterocycles. The number of carbonyl (C=O) groups is 1. The van der Waals surface area contributed by atoms with Crippen molar-refractivity contribution in [2.24, 2.45) is 0 Å². The molecular formula is C44H45F3N2O5S2. The number of hydrogen-bond donors (Lipinski definition) is 0. The fourth-order valence-corrected chi connectivity index (χ4v) is 10.7. The van der Waals surface area contributed by atoms with Crippen LogP contribution in [0.2, 0.25) is 0 Å². The fraction of sp³-hybridized carbons (Fsp3) is 0.295. The third kappa shape index (κ3) is 9.73. The largest absolute Gasteiger partial charge is 0.459 e. The first-order valence-corrected chi connectivity index (χ1v) is 20.6. The molecule has 0 radical (unpaired) electrons. The lowest BCUT2D eigenvalue weighted by atomic mass is 9.84. The number of ether oxygens (including phenoxy) is 2. The average Bonchev–Trinajstić information content (AvgIpc) is 3.59. The Kier molecular flexibility index (Phi) is 13.1. The van der Waals surface area contributed by atoms with Gasteiger partial charge in [0.25, 0.3) is 10.2 Å². The summed E-state index contributed by atoms with van der Waals surface area (Å²) in [5.41, 5.74) is 2.62. The number of carbonyl (C=O) groups excluding carboxylic acids is 1. The van der Waals surface area contributed by atoms with Gasteiger partial charge in [-0.05, 0) is 55.5 Å². The SMILES string of the molecule is CC(C)(C)OC(=O)CN(Cc1ccccc1)S(=O)(=O)N1CC(SC(c2ccccc2)(c2ccccc2)c2ccccc2)CC1COCc1cc(F)c(F)cc1F. The van der Waals surface area contributed by atoms with Crippen LogP contribution < -0.4 is 0 Å². The van der Waals surface area contributed by atoms with Gasteiger partial charge in [-0.1, -0.05) is 121 Å². The lowest BCUT2D eigenvalue weighted by Crippen LogP contribution is -2.49. The zero-order valence-electron chi connectivity index (χ0n) is 31.5. The summed E-state index contributed by atoms with van der Waals surface area (Å²) in [5.74, 6) is -4.22. The Balaban J connectivity index is 1.39. The molecule has 56 heavy (non-hydrogen) atoms. The Hall–Kier alpha value is -4.46. The second-order valence-electron chi connectivity index (χ2n) is 14.7. The van der Waals surface area contributed by atoms with E-state index in [0.717, 1.165) is 27.1 Å². The van der Waals surface area contributed by atoms with Crippen molar-refractivity contribution >= 4 is 27.9 Å². The van der Waals surface area contributed by atoms with E-state index < -0.39 is 63.2 Å². The molecule has 0 spiro atoms. The van der Waals surface area contributed by atoms with Crippen molar-refractivity contribution in [1.82, 2.24) is 8.61 Å². The summed E-state index contributed by atoms with van der Waals surface area (Å²) in [4.78, 5) is 13.3. The van der Waals surface area contributed by atoms with Gasteiger partial charge < -0.3 is 9.47 Å². The molecule has 0 aromatic heterocycles. The van der Waals surface area contributed by atoms with E-state index in [1.807, 2.05) is 60.7 Å². The van der Waals surface area contributed by atoms with Gasteiger partial charge in [-0.2, -0.15) is 17.0 Å². The molecule has 6 rings (SSSR count). The van der Waals surface area contributed by atoms with Gasteiger partial charge in [0.1, 0.15) is 18.0 Å². The van der Waals surface area contributed by atoms with Crippen LogP contribution in [0.15, 0.2) is 133 Å². The van der Waals surface area contributed by atoms with Crippen molar-refractivity contribution in [3.8, 4) is 0 Å². The van der Waals surface area contributed by atoms with Crippen LogP contribution in [0.1, 0.15) is 55.0 Å². The highest BCUT2D eigenvalue weighted by Gasteiger charge is 2.48. The zero-order valence-corrected chi connectivity index (χ0v) is 33.1. The molecule has 294 valence electrons. The van der Waals surface area contributed by atoms with Crippen molar-refractivity contribution in [3.63, 3.8) is 0 Å². The second kappa shape index (κ2) is 17.8. The molecule has 1 aliphatic heterocycles. The highest BCUT2D eigenvalue weighted by molar-refractivity contribution is 8.01. The second-order valence-corrected chi connectivity index (χ2v) is 18.1. The maximum Gasteiger partial charge on any atom is 0.321 e. The normalized spacial score (nSPS) is 16.6. The highest BCUT2D eigenvalue weighted by atomic mass is 32.2. The van der Waals surface area contributed by atoms with E-state index in [2.05, 4.69) is 36.4 Å². The van der Waals surface area contributed by atoms with Crippen LogP contribution in [-0.2, 0) is 42.4 Å². The van der Waals surface area contributed by atoms with Crippen LogP contribution in [-0.4, -0.2) is 59.6 Å². The quantitative estimate of drug-likeness (QED) is 0.0599. The Morgan fingerprint density at radius 2 is 1.27 bits per heavy atom. The minimum absolute atomic E-state index is 0.0500. The summed E-state index contributed by atoms with van der Waals surface area (Å²) in [6.45, 7) is 3.94. The van der Waals surface area contributed by atoms with Crippen molar-refractivity contribution in [2.75, 3.05) is 19.7 Å². The summed E-state index contributed by atoms with van der Waals surface area (Å²) < 4.78 is 85.6. The van der Waals surface area contributed by atoms with Gasteiger partial charge in [0.2, 0.25) is 0 Å². The van der Waals surface area contributed by atoms with Crippen LogP contribution in [0.3, 0.4) is 0 Å². The number of benzene rings is 5. The molecule has 0 N–H and O–H groups in total. The Morgan fingerprint density at radius 3 is 1.79 bits per heavy atom. The number of hydrogen-bond acceptors (Lipinski definition) is 6. The maximum atomic E-state index is 15.0. The Labute approximate surface area is 331 Å². The van der Waals surface area contributed by atoms with Gasteiger partial charge in [0.15, 0.2) is 11.6 Å². The van der Waals surface area contributed by atoms with Gasteiger partial charge >= 0.3 is 5.97 Å². The number of halogens is 3. The molecule has 0 aliphatic carbocycles. The van der Waals surface area contributed by atoms with E-state index in [4.69, 9.17) is 9.47 Å². The monoisotopic (exact) mass is 802 g/mol. The van der Waals surface area contributed by atoms with E-state index >= 15 is 0 Å². The first kappa shape index (κ1) is 41.2. The van der Waals surface area contributed by atoms with E-state index in [9.17, 15) is 26.4 Å². The van der Waals surface area contributed by atoms with E-state index in [1.54, 1.807) is 56.8 Å². The van der Waals surface area contributed by atoms with Gasteiger partial charge in [0, 0.05) is 30.0 Å². The molecule has 0 saturated carbocycles. The molecular weight excluding hydrogens is 758 g/mol. The summed E-state index contributed by atoms with van der Waals surface area (Å²) in [6.07, 6.45) is 0.323. The van der Waals surface area contributed by atoms with Crippen molar-refractivity contribution in [1.29, 1.82) is 0 Å². The number of thioether (sulfide) groups is 1. The molecule has 5 aromatic rings. The van der Waals surface area contributed by atoms with Crippen LogP contribution in [0.4, 0.5) is 13.2 Å². The first-order chi connectivity index (χ1) is 26.8. The Bertz CT molecular complexity index is 2080.